The molecule has 1 fully saturated rings. The average molecular weight is 500 g/mol. The van der Waals surface area contributed by atoms with Gasteiger partial charge in [-0.1, -0.05) is 85.0 Å². The molecule has 1 aliphatic heterocycles. The summed E-state index contributed by atoms with van der Waals surface area (Å²) in [5.74, 6) is -1.20. The highest BCUT2D eigenvalue weighted by Gasteiger charge is 2.40. The van der Waals surface area contributed by atoms with E-state index in [2.05, 4.69) is 5.32 Å². The molecule has 2 aromatic carbocycles. The Morgan fingerprint density at radius 3 is 2.22 bits per heavy atom. The van der Waals surface area contributed by atoms with E-state index in [1.165, 1.54) is 7.11 Å². The van der Waals surface area contributed by atoms with Gasteiger partial charge in [0.1, 0.15) is 18.1 Å². The Balaban J connectivity index is 1.69. The van der Waals surface area contributed by atoms with Gasteiger partial charge >= 0.3 is 5.97 Å². The molecule has 2 aromatic rings. The molecule has 2 amide bonds. The number of hydrogen-bond acceptors (Lipinski definition) is 5. The van der Waals surface area contributed by atoms with Crippen LogP contribution in [0.4, 0.5) is 0 Å². The fourth-order valence-electron chi connectivity index (χ4n) is 4.83. The average Bonchev–Trinajstić information content (AvgIpc) is 3.44. The van der Waals surface area contributed by atoms with Gasteiger partial charge in [0.05, 0.1) is 12.8 Å². The van der Waals surface area contributed by atoms with Crippen molar-refractivity contribution in [1.82, 2.24) is 10.2 Å². The Bertz CT molecular complexity index is 1150. The molecule has 2 aliphatic rings. The molecule has 1 aliphatic carbocycles. The Labute approximate surface area is 217 Å². The van der Waals surface area contributed by atoms with Gasteiger partial charge in [-0.2, -0.15) is 0 Å². The quantitative estimate of drug-likeness (QED) is 0.443. The minimum atomic E-state index is -0.793. The van der Waals surface area contributed by atoms with E-state index in [4.69, 9.17) is 9.73 Å². The normalized spacial score (nSPS) is 20.1. The fourth-order valence-corrected chi connectivity index (χ4v) is 4.83. The van der Waals surface area contributed by atoms with Crippen LogP contribution in [0.2, 0.25) is 0 Å². The lowest BCUT2D eigenvalue weighted by atomic mass is 9.91. The molecule has 0 aromatic heterocycles. The van der Waals surface area contributed by atoms with Crippen LogP contribution in [0.5, 0.6) is 0 Å². The molecule has 1 N–H and O–H groups in total. The standard InChI is InChI=1S/C30H33N3O4/c1-21(30(36)37-2)31-28(34)25-19-12-20-33(25)29(35)27(24-17-10-5-11-18-24)32-26(22-13-6-3-7-14-22)23-15-8-4-9-16-23/h3-11,13-17,21,24-25,27H,12,18-20H2,1-2H3,(H,31,34)/t21-,24-,25-,27?/m0/s1. The van der Waals surface area contributed by atoms with Crippen LogP contribution in [-0.2, 0) is 19.1 Å². The third-order valence-electron chi connectivity index (χ3n) is 6.79. The molecule has 0 saturated carbocycles. The lowest BCUT2D eigenvalue weighted by Crippen LogP contribution is -2.52. The second-order valence-electron chi connectivity index (χ2n) is 9.31. The van der Waals surface area contributed by atoms with Crippen molar-refractivity contribution in [2.75, 3.05) is 13.7 Å². The molecule has 7 nitrogen and oxygen atoms in total. The van der Waals surface area contributed by atoms with E-state index in [9.17, 15) is 14.4 Å². The van der Waals surface area contributed by atoms with Crippen LogP contribution < -0.4 is 5.32 Å². The SMILES string of the molecule is COC(=O)[C@H](C)NC(=O)[C@@H]1CCCN1C(=O)C(N=C(c1ccccc1)c1ccccc1)[C@H]1C=CC=CC1. The molecular weight excluding hydrogens is 466 g/mol. The van der Waals surface area contributed by atoms with Gasteiger partial charge in [-0.15, -0.1) is 0 Å². The van der Waals surface area contributed by atoms with Crippen molar-refractivity contribution in [3.05, 3.63) is 96.1 Å². The summed E-state index contributed by atoms with van der Waals surface area (Å²) in [6.45, 7) is 2.04. The summed E-state index contributed by atoms with van der Waals surface area (Å²) < 4.78 is 4.73. The summed E-state index contributed by atoms with van der Waals surface area (Å²) in [6.07, 6.45) is 9.89. The van der Waals surface area contributed by atoms with E-state index in [1.54, 1.807) is 11.8 Å². The largest absolute Gasteiger partial charge is 0.467 e. The number of nitrogens with one attached hydrogen (secondary N) is 1. The predicted molar refractivity (Wildman–Crippen MR) is 143 cm³/mol. The second kappa shape index (κ2) is 12.3. The van der Waals surface area contributed by atoms with E-state index in [1.807, 2.05) is 85.0 Å². The van der Waals surface area contributed by atoms with Crippen LogP contribution in [0.3, 0.4) is 0 Å². The summed E-state index contributed by atoms with van der Waals surface area (Å²) in [5, 5.41) is 2.70. The van der Waals surface area contributed by atoms with E-state index in [-0.39, 0.29) is 17.7 Å². The van der Waals surface area contributed by atoms with Crippen molar-refractivity contribution in [3.8, 4) is 0 Å². The first kappa shape index (κ1) is 26.1. The Morgan fingerprint density at radius 1 is 1.00 bits per heavy atom. The number of amides is 2. The molecule has 7 heteroatoms. The number of likely N-dealkylation sites (tertiary alicyclic amines) is 1. The number of esters is 1. The molecule has 192 valence electrons. The number of carbonyl (C=O) groups is 3. The number of carbonyl (C=O) groups excluding carboxylic acids is 3. The van der Waals surface area contributed by atoms with Gasteiger partial charge in [0.15, 0.2) is 0 Å². The van der Waals surface area contributed by atoms with Gasteiger partial charge in [0.25, 0.3) is 0 Å². The number of nitrogens with zero attached hydrogens (tertiary/aromatic N) is 2. The van der Waals surface area contributed by atoms with Crippen molar-refractivity contribution in [1.29, 1.82) is 0 Å². The van der Waals surface area contributed by atoms with Gasteiger partial charge < -0.3 is 15.0 Å². The highest BCUT2D eigenvalue weighted by Crippen LogP contribution is 2.27. The third-order valence-corrected chi connectivity index (χ3v) is 6.79. The van der Waals surface area contributed by atoms with Crippen LogP contribution in [0.1, 0.15) is 37.3 Å². The van der Waals surface area contributed by atoms with Crippen molar-refractivity contribution < 1.29 is 19.1 Å². The molecule has 0 bridgehead atoms. The van der Waals surface area contributed by atoms with Crippen LogP contribution in [-0.4, -0.2) is 60.2 Å². The first-order valence-corrected chi connectivity index (χ1v) is 12.7. The highest BCUT2D eigenvalue weighted by molar-refractivity contribution is 6.13. The van der Waals surface area contributed by atoms with Crippen molar-refractivity contribution in [2.24, 2.45) is 10.9 Å². The number of benzene rings is 2. The highest BCUT2D eigenvalue weighted by atomic mass is 16.5. The van der Waals surface area contributed by atoms with Crippen molar-refractivity contribution in [3.63, 3.8) is 0 Å². The maximum absolute atomic E-state index is 14.1. The van der Waals surface area contributed by atoms with Crippen LogP contribution >= 0.6 is 0 Å². The third kappa shape index (κ3) is 6.23. The van der Waals surface area contributed by atoms with Crippen LogP contribution in [0.25, 0.3) is 0 Å². The van der Waals surface area contributed by atoms with Gasteiger partial charge in [0.2, 0.25) is 11.8 Å². The molecule has 4 atom stereocenters. The molecule has 0 radical (unpaired) electrons. The van der Waals surface area contributed by atoms with Gasteiger partial charge in [-0.05, 0) is 26.2 Å². The molecule has 1 saturated heterocycles. The Hall–Kier alpha value is -4.00. The predicted octanol–water partition coefficient (Wildman–Crippen LogP) is 3.69. The minimum absolute atomic E-state index is 0.141. The maximum atomic E-state index is 14.1. The summed E-state index contributed by atoms with van der Waals surface area (Å²) in [5.41, 5.74) is 2.58. The number of rotatable bonds is 8. The van der Waals surface area contributed by atoms with E-state index >= 15 is 0 Å². The van der Waals surface area contributed by atoms with E-state index in [0.29, 0.717) is 25.8 Å². The van der Waals surface area contributed by atoms with Crippen molar-refractivity contribution in [2.45, 2.75) is 44.3 Å². The van der Waals surface area contributed by atoms with Gasteiger partial charge in [-0.25, -0.2) is 4.79 Å². The molecular formula is C30H33N3O4. The zero-order chi connectivity index (χ0) is 26.2. The number of ether oxygens (including phenoxy) is 1. The van der Waals surface area contributed by atoms with Gasteiger partial charge in [-0.3, -0.25) is 14.6 Å². The summed E-state index contributed by atoms with van der Waals surface area (Å²) in [4.78, 5) is 45.8. The number of allylic oxidation sites excluding steroid dienone is 3. The zero-order valence-corrected chi connectivity index (χ0v) is 21.2. The molecule has 1 unspecified atom stereocenters. The van der Waals surface area contributed by atoms with Gasteiger partial charge in [0, 0.05) is 23.6 Å². The van der Waals surface area contributed by atoms with Crippen molar-refractivity contribution >= 4 is 23.5 Å². The number of methoxy groups -OCH3 is 1. The van der Waals surface area contributed by atoms with E-state index in [0.717, 1.165) is 16.8 Å². The lowest BCUT2D eigenvalue weighted by molar-refractivity contribution is -0.146. The first-order valence-electron chi connectivity index (χ1n) is 12.7. The molecule has 37 heavy (non-hydrogen) atoms. The smallest absolute Gasteiger partial charge is 0.328 e. The van der Waals surface area contributed by atoms with Crippen LogP contribution in [0.15, 0.2) is 90.0 Å². The monoisotopic (exact) mass is 499 g/mol. The zero-order valence-electron chi connectivity index (χ0n) is 21.2. The lowest BCUT2D eigenvalue weighted by Gasteiger charge is -2.30. The first-order chi connectivity index (χ1) is 18.0. The summed E-state index contributed by atoms with van der Waals surface area (Å²) >= 11 is 0. The molecule has 1 heterocycles. The summed E-state index contributed by atoms with van der Waals surface area (Å²) in [7, 11) is 1.28. The molecule has 4 rings (SSSR count). The summed E-state index contributed by atoms with van der Waals surface area (Å²) in [6, 6.07) is 17.5. The number of aliphatic imine (C=N–C) groups is 1. The Morgan fingerprint density at radius 2 is 1.65 bits per heavy atom. The van der Waals surface area contributed by atoms with E-state index < -0.39 is 24.1 Å². The Kier molecular flexibility index (Phi) is 8.67. The minimum Gasteiger partial charge on any atom is -0.467 e. The topological polar surface area (TPSA) is 88.1 Å². The second-order valence-corrected chi connectivity index (χ2v) is 9.31. The molecule has 0 spiro atoms. The fraction of sp³-hybridized carbons (Fsp3) is 0.333. The van der Waals surface area contributed by atoms with Crippen LogP contribution in [0, 0.1) is 5.92 Å². The maximum Gasteiger partial charge on any atom is 0.328 e. The number of hydrogen-bond donors (Lipinski definition) is 1.